The first-order valence-electron chi connectivity index (χ1n) is 7.26. The second-order valence-electron chi connectivity index (χ2n) is 5.18. The van der Waals surface area contributed by atoms with Crippen molar-refractivity contribution in [3.63, 3.8) is 0 Å². The van der Waals surface area contributed by atoms with Crippen LogP contribution in [0.4, 0.5) is 0 Å². The van der Waals surface area contributed by atoms with Crippen molar-refractivity contribution in [2.24, 2.45) is 5.92 Å². The highest BCUT2D eigenvalue weighted by Crippen LogP contribution is 2.09. The van der Waals surface area contributed by atoms with Gasteiger partial charge in [-0.05, 0) is 25.7 Å². The van der Waals surface area contributed by atoms with Crippen LogP contribution in [0.25, 0.3) is 0 Å². The van der Waals surface area contributed by atoms with Gasteiger partial charge in [-0.1, -0.05) is 34.1 Å². The summed E-state index contributed by atoms with van der Waals surface area (Å²) < 4.78 is 17.0. The quantitative estimate of drug-likeness (QED) is 0.499. The molecule has 1 radical (unpaired) electrons. The van der Waals surface area contributed by atoms with Gasteiger partial charge in [0.15, 0.2) is 0 Å². The normalized spacial score (nSPS) is 13.5. The van der Waals surface area contributed by atoms with Crippen molar-refractivity contribution < 1.29 is 14.2 Å². The summed E-state index contributed by atoms with van der Waals surface area (Å²) in [4.78, 5) is 0. The van der Waals surface area contributed by atoms with Crippen LogP contribution in [0.15, 0.2) is 0 Å². The Hall–Kier alpha value is -0.120. The van der Waals surface area contributed by atoms with Crippen LogP contribution in [0.3, 0.4) is 0 Å². The van der Waals surface area contributed by atoms with Crippen molar-refractivity contribution in [2.45, 2.75) is 60.0 Å². The van der Waals surface area contributed by atoms with Crippen LogP contribution in [0.1, 0.15) is 53.9 Å². The predicted octanol–water partition coefficient (Wildman–Crippen LogP) is 3.82. The topological polar surface area (TPSA) is 27.7 Å². The molecule has 1 atom stereocenters. The summed E-state index contributed by atoms with van der Waals surface area (Å²) in [6.45, 7) is 13.3. The monoisotopic (exact) mass is 259 g/mol. The lowest BCUT2D eigenvalue weighted by molar-refractivity contribution is -0.0212. The maximum atomic E-state index is 5.73. The Bertz CT molecular complexity index is 171. The smallest absolute Gasteiger partial charge is 0.148 e. The Balaban J connectivity index is 3.83. The van der Waals surface area contributed by atoms with E-state index in [1.54, 1.807) is 0 Å². The van der Waals surface area contributed by atoms with E-state index in [1.165, 1.54) is 0 Å². The van der Waals surface area contributed by atoms with Gasteiger partial charge in [-0.25, -0.2) is 0 Å². The van der Waals surface area contributed by atoms with Crippen LogP contribution in [0.5, 0.6) is 0 Å². The molecule has 0 aliphatic carbocycles. The summed E-state index contributed by atoms with van der Waals surface area (Å²) in [5, 5.41) is 0. The average molecular weight is 259 g/mol. The van der Waals surface area contributed by atoms with Crippen molar-refractivity contribution in [1.29, 1.82) is 0 Å². The largest absolute Gasteiger partial charge is 0.378 e. The predicted molar refractivity (Wildman–Crippen MR) is 75.5 cm³/mol. The highest BCUT2D eigenvalue weighted by Gasteiger charge is 2.13. The van der Waals surface area contributed by atoms with E-state index in [9.17, 15) is 0 Å². The SMILES string of the molecule is CCCCO[C](COCC(C)C)COC(C)CC. The maximum Gasteiger partial charge on any atom is 0.148 e. The fourth-order valence-electron chi connectivity index (χ4n) is 1.25. The van der Waals surface area contributed by atoms with E-state index in [0.29, 0.717) is 19.1 Å². The minimum atomic E-state index is 0.278. The fraction of sp³-hybridized carbons (Fsp3) is 0.933. The lowest BCUT2D eigenvalue weighted by Gasteiger charge is -2.19. The molecule has 0 aromatic carbocycles. The number of hydrogen-bond donors (Lipinski definition) is 0. The highest BCUT2D eigenvalue weighted by molar-refractivity contribution is 4.78. The van der Waals surface area contributed by atoms with Gasteiger partial charge in [-0.2, -0.15) is 0 Å². The van der Waals surface area contributed by atoms with E-state index in [-0.39, 0.29) is 6.10 Å². The number of hydrogen-bond acceptors (Lipinski definition) is 3. The summed E-state index contributed by atoms with van der Waals surface area (Å²) in [5.74, 6) is 0.553. The zero-order chi connectivity index (χ0) is 13.8. The Morgan fingerprint density at radius 2 is 1.78 bits per heavy atom. The second kappa shape index (κ2) is 11.9. The zero-order valence-electron chi connectivity index (χ0n) is 12.8. The Kier molecular flexibility index (Phi) is 11.9. The number of unbranched alkanes of at least 4 members (excludes halogenated alkanes) is 1. The van der Waals surface area contributed by atoms with E-state index in [0.717, 1.165) is 38.6 Å². The lowest BCUT2D eigenvalue weighted by atomic mass is 10.2. The summed E-state index contributed by atoms with van der Waals surface area (Å²) in [7, 11) is 0. The van der Waals surface area contributed by atoms with Gasteiger partial charge in [0.2, 0.25) is 0 Å². The van der Waals surface area contributed by atoms with Gasteiger partial charge < -0.3 is 14.2 Å². The third-order valence-corrected chi connectivity index (χ3v) is 2.62. The molecule has 0 amide bonds. The van der Waals surface area contributed by atoms with Gasteiger partial charge in [0.25, 0.3) is 0 Å². The minimum Gasteiger partial charge on any atom is -0.378 e. The molecular weight excluding hydrogens is 228 g/mol. The molecule has 0 saturated carbocycles. The van der Waals surface area contributed by atoms with Crippen LogP contribution in [0.2, 0.25) is 0 Å². The van der Waals surface area contributed by atoms with Crippen LogP contribution in [-0.2, 0) is 14.2 Å². The number of rotatable bonds is 12. The van der Waals surface area contributed by atoms with Crippen LogP contribution in [0, 0.1) is 12.0 Å². The molecule has 0 aliphatic rings. The van der Waals surface area contributed by atoms with E-state index >= 15 is 0 Å². The van der Waals surface area contributed by atoms with E-state index in [1.807, 2.05) is 0 Å². The molecule has 3 nitrogen and oxygen atoms in total. The van der Waals surface area contributed by atoms with Crippen molar-refractivity contribution in [2.75, 3.05) is 26.4 Å². The van der Waals surface area contributed by atoms with E-state index in [4.69, 9.17) is 14.2 Å². The molecule has 0 saturated heterocycles. The second-order valence-corrected chi connectivity index (χ2v) is 5.18. The summed E-state index contributed by atoms with van der Waals surface area (Å²) in [5.41, 5.74) is 0. The summed E-state index contributed by atoms with van der Waals surface area (Å²) in [6, 6.07) is 0. The Labute approximate surface area is 113 Å². The van der Waals surface area contributed by atoms with Gasteiger partial charge in [-0.3, -0.25) is 0 Å². The molecule has 1 unspecified atom stereocenters. The number of ether oxygens (including phenoxy) is 3. The third kappa shape index (κ3) is 11.0. The average Bonchev–Trinajstić information content (AvgIpc) is 2.34. The molecule has 0 aliphatic heterocycles. The molecule has 0 N–H and O–H groups in total. The van der Waals surface area contributed by atoms with E-state index in [2.05, 4.69) is 34.6 Å². The van der Waals surface area contributed by atoms with Crippen molar-refractivity contribution >= 4 is 0 Å². The van der Waals surface area contributed by atoms with Crippen molar-refractivity contribution in [1.82, 2.24) is 0 Å². The maximum absolute atomic E-state index is 5.73. The lowest BCUT2D eigenvalue weighted by Crippen LogP contribution is -2.22. The molecule has 109 valence electrons. The molecule has 0 rings (SSSR count). The molecule has 0 fully saturated rings. The van der Waals surface area contributed by atoms with E-state index < -0.39 is 0 Å². The molecule has 3 heteroatoms. The first kappa shape index (κ1) is 17.9. The van der Waals surface area contributed by atoms with Crippen LogP contribution < -0.4 is 0 Å². The van der Waals surface area contributed by atoms with Gasteiger partial charge in [0, 0.05) is 13.2 Å². The van der Waals surface area contributed by atoms with Crippen molar-refractivity contribution in [3.8, 4) is 0 Å². The molecule has 0 aromatic heterocycles. The zero-order valence-corrected chi connectivity index (χ0v) is 12.8. The molecular formula is C15H31O3. The minimum absolute atomic E-state index is 0.278. The van der Waals surface area contributed by atoms with Gasteiger partial charge >= 0.3 is 0 Å². The van der Waals surface area contributed by atoms with Crippen LogP contribution in [-0.4, -0.2) is 32.5 Å². The molecule has 0 bridgehead atoms. The van der Waals surface area contributed by atoms with Gasteiger partial charge in [0.05, 0.1) is 19.3 Å². The molecule has 0 aromatic rings. The van der Waals surface area contributed by atoms with Crippen molar-refractivity contribution in [3.05, 3.63) is 6.10 Å². The Morgan fingerprint density at radius 3 is 2.33 bits per heavy atom. The van der Waals surface area contributed by atoms with Gasteiger partial charge in [0.1, 0.15) is 6.10 Å². The molecule has 0 heterocycles. The molecule has 0 spiro atoms. The van der Waals surface area contributed by atoms with Crippen LogP contribution >= 0.6 is 0 Å². The molecule has 18 heavy (non-hydrogen) atoms. The third-order valence-electron chi connectivity index (χ3n) is 2.62. The fourth-order valence-corrected chi connectivity index (χ4v) is 1.25. The standard InChI is InChI=1S/C15H31O3/c1-6-8-9-17-15(11-16-10-13(3)4)12-18-14(5)7-2/h13-14H,6-12H2,1-5H3. The highest BCUT2D eigenvalue weighted by atomic mass is 16.6. The first-order chi connectivity index (χ1) is 8.60. The first-order valence-corrected chi connectivity index (χ1v) is 7.26. The van der Waals surface area contributed by atoms with Gasteiger partial charge in [-0.15, -0.1) is 0 Å². The summed E-state index contributed by atoms with van der Waals surface area (Å²) in [6.07, 6.45) is 4.45. The summed E-state index contributed by atoms with van der Waals surface area (Å²) >= 11 is 0. The Morgan fingerprint density at radius 1 is 1.06 bits per heavy atom.